The van der Waals surface area contributed by atoms with Crippen molar-refractivity contribution in [1.29, 1.82) is 0 Å². The van der Waals surface area contributed by atoms with Crippen LogP contribution in [-0.2, 0) is 4.79 Å². The third-order valence-corrected chi connectivity index (χ3v) is 3.35. The Bertz CT molecular complexity index is 227. The molecule has 0 bridgehead atoms. The number of carbonyl (C=O) groups is 1. The Morgan fingerprint density at radius 1 is 1.38 bits per heavy atom. The van der Waals surface area contributed by atoms with E-state index in [4.69, 9.17) is 0 Å². The molecule has 0 saturated carbocycles. The van der Waals surface area contributed by atoms with Gasteiger partial charge in [0, 0.05) is 25.0 Å². The van der Waals surface area contributed by atoms with E-state index in [9.17, 15) is 4.79 Å². The summed E-state index contributed by atoms with van der Waals surface area (Å²) in [5.74, 6) is 0.489. The predicted molar refractivity (Wildman–Crippen MR) is 51.4 cm³/mol. The summed E-state index contributed by atoms with van der Waals surface area (Å²) in [5.41, 5.74) is 0. The average molecular weight is 182 g/mol. The van der Waals surface area contributed by atoms with Crippen molar-refractivity contribution in [1.82, 2.24) is 9.80 Å². The maximum Gasteiger partial charge on any atom is 0.225 e. The number of carbonyl (C=O) groups excluding carboxylic acids is 1. The highest BCUT2D eigenvalue weighted by molar-refractivity contribution is 5.79. The quantitative estimate of drug-likeness (QED) is 0.591. The monoisotopic (exact) mass is 182 g/mol. The Morgan fingerprint density at radius 3 is 2.62 bits per heavy atom. The van der Waals surface area contributed by atoms with E-state index in [1.54, 1.807) is 0 Å². The third-order valence-electron chi connectivity index (χ3n) is 3.35. The molecule has 2 unspecified atom stereocenters. The minimum absolute atomic E-state index is 0.159. The zero-order valence-corrected chi connectivity index (χ0v) is 8.66. The van der Waals surface area contributed by atoms with Gasteiger partial charge in [0.1, 0.15) is 0 Å². The molecular formula is C10H18N2O. The molecule has 2 atom stereocenters. The van der Waals surface area contributed by atoms with Crippen LogP contribution in [0.3, 0.4) is 0 Å². The number of fused-ring (bicyclic) bond motifs is 1. The van der Waals surface area contributed by atoms with Crippen LogP contribution in [-0.4, -0.2) is 47.9 Å². The van der Waals surface area contributed by atoms with E-state index in [2.05, 4.69) is 16.8 Å². The minimum atomic E-state index is 0.159. The summed E-state index contributed by atoms with van der Waals surface area (Å²) in [5, 5.41) is 0. The van der Waals surface area contributed by atoms with E-state index in [1.165, 1.54) is 6.42 Å². The molecule has 1 amide bonds. The molecule has 2 aliphatic rings. The van der Waals surface area contributed by atoms with Crippen LogP contribution >= 0.6 is 0 Å². The predicted octanol–water partition coefficient (Wildman–Crippen LogP) is 0.557. The lowest BCUT2D eigenvalue weighted by Crippen LogP contribution is -2.63. The Morgan fingerprint density at radius 2 is 2.08 bits per heavy atom. The maximum atomic E-state index is 11.7. The molecule has 3 nitrogen and oxygen atoms in total. The summed E-state index contributed by atoms with van der Waals surface area (Å²) in [6.45, 7) is 6.07. The SMILES string of the molecule is CC(C)C(=O)N1CC2C1CCN2C. The lowest BCUT2D eigenvalue weighted by atomic mass is 9.95. The van der Waals surface area contributed by atoms with Crippen LogP contribution in [0.2, 0.25) is 0 Å². The van der Waals surface area contributed by atoms with Crippen molar-refractivity contribution in [3.05, 3.63) is 0 Å². The van der Waals surface area contributed by atoms with Gasteiger partial charge in [-0.3, -0.25) is 9.69 Å². The molecule has 3 heteroatoms. The number of likely N-dealkylation sites (tertiary alicyclic amines) is 2. The van der Waals surface area contributed by atoms with Crippen LogP contribution in [0.4, 0.5) is 0 Å². The van der Waals surface area contributed by atoms with Crippen LogP contribution in [0.5, 0.6) is 0 Å². The van der Waals surface area contributed by atoms with E-state index in [-0.39, 0.29) is 5.92 Å². The van der Waals surface area contributed by atoms with Crippen LogP contribution in [0.15, 0.2) is 0 Å². The first-order valence-electron chi connectivity index (χ1n) is 5.12. The fourth-order valence-electron chi connectivity index (χ4n) is 2.40. The third kappa shape index (κ3) is 1.26. The Balaban J connectivity index is 1.97. The zero-order chi connectivity index (χ0) is 9.59. The number of likely N-dealkylation sites (N-methyl/N-ethyl adjacent to an activating group) is 1. The molecule has 2 saturated heterocycles. The maximum absolute atomic E-state index is 11.7. The highest BCUT2D eigenvalue weighted by Gasteiger charge is 2.47. The first kappa shape index (κ1) is 9.00. The summed E-state index contributed by atoms with van der Waals surface area (Å²) in [4.78, 5) is 16.1. The smallest absolute Gasteiger partial charge is 0.225 e. The fourth-order valence-corrected chi connectivity index (χ4v) is 2.40. The number of hydrogen-bond donors (Lipinski definition) is 0. The number of rotatable bonds is 1. The first-order chi connectivity index (χ1) is 6.11. The molecule has 0 spiro atoms. The molecule has 2 heterocycles. The van der Waals surface area contributed by atoms with Gasteiger partial charge in [0.15, 0.2) is 0 Å². The van der Waals surface area contributed by atoms with Crippen molar-refractivity contribution in [2.75, 3.05) is 20.1 Å². The summed E-state index contributed by atoms with van der Waals surface area (Å²) in [7, 11) is 2.15. The summed E-state index contributed by atoms with van der Waals surface area (Å²) >= 11 is 0. The average Bonchev–Trinajstić information content (AvgIpc) is 2.27. The standard InChI is InChI=1S/C10H18N2O/c1-7(2)10(13)12-6-9-8(12)4-5-11(9)3/h7-9H,4-6H2,1-3H3. The van der Waals surface area contributed by atoms with Gasteiger partial charge in [-0.05, 0) is 13.5 Å². The van der Waals surface area contributed by atoms with Crippen molar-refractivity contribution in [2.24, 2.45) is 5.92 Å². The second-order valence-corrected chi connectivity index (χ2v) is 4.55. The highest BCUT2D eigenvalue weighted by atomic mass is 16.2. The molecule has 0 aromatic rings. The van der Waals surface area contributed by atoms with Gasteiger partial charge < -0.3 is 4.90 Å². The Labute approximate surface area is 79.7 Å². The van der Waals surface area contributed by atoms with Gasteiger partial charge in [0.25, 0.3) is 0 Å². The summed E-state index contributed by atoms with van der Waals surface area (Å²) in [6.07, 6.45) is 1.17. The highest BCUT2D eigenvalue weighted by Crippen LogP contribution is 2.32. The number of hydrogen-bond acceptors (Lipinski definition) is 2. The molecule has 0 radical (unpaired) electrons. The lowest BCUT2D eigenvalue weighted by Gasteiger charge is -2.47. The molecule has 2 aliphatic heterocycles. The topological polar surface area (TPSA) is 23.6 Å². The molecule has 0 aliphatic carbocycles. The Hall–Kier alpha value is -0.570. The van der Waals surface area contributed by atoms with Gasteiger partial charge in [-0.15, -0.1) is 0 Å². The molecular weight excluding hydrogens is 164 g/mol. The van der Waals surface area contributed by atoms with Crippen LogP contribution in [0.1, 0.15) is 20.3 Å². The second-order valence-electron chi connectivity index (χ2n) is 4.55. The number of amides is 1. The second kappa shape index (κ2) is 2.98. The lowest BCUT2D eigenvalue weighted by molar-refractivity contribution is -0.144. The molecule has 0 aromatic carbocycles. The van der Waals surface area contributed by atoms with Crippen molar-refractivity contribution >= 4 is 5.91 Å². The fraction of sp³-hybridized carbons (Fsp3) is 0.900. The molecule has 0 N–H and O–H groups in total. The van der Waals surface area contributed by atoms with Crippen LogP contribution in [0.25, 0.3) is 0 Å². The van der Waals surface area contributed by atoms with Gasteiger partial charge in [-0.25, -0.2) is 0 Å². The normalized spacial score (nSPS) is 33.4. The Kier molecular flexibility index (Phi) is 2.06. The van der Waals surface area contributed by atoms with Gasteiger partial charge in [-0.2, -0.15) is 0 Å². The number of nitrogens with zero attached hydrogens (tertiary/aromatic N) is 2. The molecule has 0 aromatic heterocycles. The van der Waals surface area contributed by atoms with E-state index in [0.717, 1.165) is 13.1 Å². The van der Waals surface area contributed by atoms with E-state index in [0.29, 0.717) is 18.0 Å². The van der Waals surface area contributed by atoms with Crippen LogP contribution < -0.4 is 0 Å². The molecule has 74 valence electrons. The van der Waals surface area contributed by atoms with E-state index < -0.39 is 0 Å². The van der Waals surface area contributed by atoms with Crippen molar-refractivity contribution < 1.29 is 4.79 Å². The van der Waals surface area contributed by atoms with Gasteiger partial charge in [0.2, 0.25) is 5.91 Å². The van der Waals surface area contributed by atoms with Crippen LogP contribution in [0, 0.1) is 5.92 Å². The van der Waals surface area contributed by atoms with Gasteiger partial charge in [-0.1, -0.05) is 13.8 Å². The van der Waals surface area contributed by atoms with E-state index in [1.807, 2.05) is 13.8 Å². The molecule has 2 fully saturated rings. The largest absolute Gasteiger partial charge is 0.336 e. The summed E-state index contributed by atoms with van der Waals surface area (Å²) < 4.78 is 0. The van der Waals surface area contributed by atoms with Crippen molar-refractivity contribution in [3.63, 3.8) is 0 Å². The van der Waals surface area contributed by atoms with E-state index >= 15 is 0 Å². The van der Waals surface area contributed by atoms with Crippen molar-refractivity contribution in [3.8, 4) is 0 Å². The summed E-state index contributed by atoms with van der Waals surface area (Å²) in [6, 6.07) is 1.18. The van der Waals surface area contributed by atoms with Crippen molar-refractivity contribution in [2.45, 2.75) is 32.4 Å². The zero-order valence-electron chi connectivity index (χ0n) is 8.66. The molecule has 2 rings (SSSR count). The minimum Gasteiger partial charge on any atom is -0.336 e. The van der Waals surface area contributed by atoms with Gasteiger partial charge in [0.05, 0.1) is 6.04 Å². The van der Waals surface area contributed by atoms with Gasteiger partial charge >= 0.3 is 0 Å². The first-order valence-corrected chi connectivity index (χ1v) is 5.12. The molecule has 13 heavy (non-hydrogen) atoms.